The van der Waals surface area contributed by atoms with Gasteiger partial charge in [-0.15, -0.1) is 0 Å². The van der Waals surface area contributed by atoms with Crippen molar-refractivity contribution in [1.29, 1.82) is 0 Å². The third kappa shape index (κ3) is 6.95. The predicted octanol–water partition coefficient (Wildman–Crippen LogP) is 5.78. The molecule has 0 aliphatic carbocycles. The SMILES string of the molecule is CNC/C=C/c1c(-c2ccc(OC)cc2)nn2ccc(C(=O)N(CCC(C)C)CCC(C)C)cc12. The highest BCUT2D eigenvalue weighted by atomic mass is 16.5. The molecule has 0 aliphatic heterocycles. The summed E-state index contributed by atoms with van der Waals surface area (Å²) in [5, 5.41) is 8.01. The van der Waals surface area contributed by atoms with E-state index in [0.29, 0.717) is 17.4 Å². The summed E-state index contributed by atoms with van der Waals surface area (Å²) in [5.41, 5.74) is 4.50. The van der Waals surface area contributed by atoms with Gasteiger partial charge in [-0.25, -0.2) is 4.52 Å². The average Bonchev–Trinajstić information content (AvgIpc) is 3.21. The smallest absolute Gasteiger partial charge is 0.253 e. The van der Waals surface area contributed by atoms with Gasteiger partial charge in [-0.1, -0.05) is 39.8 Å². The van der Waals surface area contributed by atoms with E-state index in [0.717, 1.165) is 60.6 Å². The molecule has 1 amide bonds. The highest BCUT2D eigenvalue weighted by Crippen LogP contribution is 2.29. The molecule has 0 fully saturated rings. The quantitative estimate of drug-likeness (QED) is 0.360. The second-order valence-corrected chi connectivity index (χ2v) is 9.85. The number of nitrogens with zero attached hydrogens (tertiary/aromatic N) is 3. The van der Waals surface area contributed by atoms with Gasteiger partial charge < -0.3 is 15.0 Å². The van der Waals surface area contributed by atoms with E-state index in [9.17, 15) is 4.79 Å². The molecular formula is C29H40N4O2. The molecule has 1 aromatic carbocycles. The van der Waals surface area contributed by atoms with Crippen LogP contribution in [0.4, 0.5) is 0 Å². The van der Waals surface area contributed by atoms with Crippen LogP contribution in [0.2, 0.25) is 0 Å². The number of hydrogen-bond donors (Lipinski definition) is 1. The number of methoxy groups -OCH3 is 1. The first-order chi connectivity index (χ1) is 16.8. The summed E-state index contributed by atoms with van der Waals surface area (Å²) in [5.74, 6) is 2.00. The monoisotopic (exact) mass is 476 g/mol. The van der Waals surface area contributed by atoms with E-state index >= 15 is 0 Å². The molecule has 0 unspecified atom stereocenters. The van der Waals surface area contributed by atoms with Crippen molar-refractivity contribution < 1.29 is 9.53 Å². The first kappa shape index (κ1) is 26.5. The van der Waals surface area contributed by atoms with Crippen molar-refractivity contribution in [3.63, 3.8) is 0 Å². The van der Waals surface area contributed by atoms with Gasteiger partial charge in [0.05, 0.1) is 12.6 Å². The number of benzene rings is 1. The van der Waals surface area contributed by atoms with Crippen LogP contribution in [-0.2, 0) is 0 Å². The number of pyridine rings is 1. The van der Waals surface area contributed by atoms with Gasteiger partial charge in [0.2, 0.25) is 0 Å². The van der Waals surface area contributed by atoms with E-state index in [1.165, 1.54) is 0 Å². The Morgan fingerprint density at radius 3 is 2.31 bits per heavy atom. The molecule has 3 aromatic rings. The Morgan fingerprint density at radius 1 is 1.09 bits per heavy atom. The Morgan fingerprint density at radius 2 is 1.74 bits per heavy atom. The molecular weight excluding hydrogens is 436 g/mol. The summed E-state index contributed by atoms with van der Waals surface area (Å²) in [6.07, 6.45) is 8.06. The molecule has 0 bridgehead atoms. The molecule has 1 N–H and O–H groups in total. The predicted molar refractivity (Wildman–Crippen MR) is 145 cm³/mol. The van der Waals surface area contributed by atoms with Gasteiger partial charge >= 0.3 is 0 Å². The van der Waals surface area contributed by atoms with E-state index in [1.807, 2.05) is 59.1 Å². The van der Waals surface area contributed by atoms with E-state index in [-0.39, 0.29) is 5.91 Å². The second kappa shape index (κ2) is 12.5. The fraction of sp³-hybridized carbons (Fsp3) is 0.448. The molecule has 0 spiro atoms. The third-order valence-corrected chi connectivity index (χ3v) is 6.13. The number of amides is 1. The third-order valence-electron chi connectivity index (χ3n) is 6.13. The van der Waals surface area contributed by atoms with Crippen LogP contribution in [0.1, 0.15) is 56.5 Å². The lowest BCUT2D eigenvalue weighted by atomic mass is 10.0. The summed E-state index contributed by atoms with van der Waals surface area (Å²) in [6, 6.07) is 11.8. The Hall–Kier alpha value is -3.12. The zero-order valence-electron chi connectivity index (χ0n) is 22.0. The molecule has 35 heavy (non-hydrogen) atoms. The molecule has 0 saturated carbocycles. The van der Waals surface area contributed by atoms with Gasteiger partial charge in [0.15, 0.2) is 0 Å². The summed E-state index contributed by atoms with van der Waals surface area (Å²) in [6.45, 7) is 11.1. The standard InChI is InChI=1S/C29H40N4O2/c1-21(2)13-17-32(18-14-22(3)4)29(34)24-15-19-33-27(20-24)26(8-7-16-30-5)28(31-33)23-9-11-25(35-6)12-10-23/h7-12,15,19-22,30H,13-14,16-18H2,1-6H3/b8-7+. The van der Waals surface area contributed by atoms with Gasteiger partial charge in [0.25, 0.3) is 5.91 Å². The van der Waals surface area contributed by atoms with Crippen LogP contribution in [0.3, 0.4) is 0 Å². The number of likely N-dealkylation sites (N-methyl/N-ethyl adjacent to an activating group) is 1. The number of fused-ring (bicyclic) bond motifs is 1. The van der Waals surface area contributed by atoms with Crippen molar-refractivity contribution >= 4 is 17.5 Å². The van der Waals surface area contributed by atoms with Crippen molar-refractivity contribution in [3.8, 4) is 17.0 Å². The van der Waals surface area contributed by atoms with E-state index in [2.05, 4.69) is 45.2 Å². The maximum atomic E-state index is 13.6. The summed E-state index contributed by atoms with van der Waals surface area (Å²) in [7, 11) is 3.58. The van der Waals surface area contributed by atoms with Crippen LogP contribution >= 0.6 is 0 Å². The van der Waals surface area contributed by atoms with E-state index in [1.54, 1.807) is 7.11 Å². The molecule has 2 aromatic heterocycles. The van der Waals surface area contributed by atoms with Gasteiger partial charge in [0.1, 0.15) is 11.4 Å². The van der Waals surface area contributed by atoms with Gasteiger partial charge in [-0.3, -0.25) is 4.79 Å². The van der Waals surface area contributed by atoms with Crippen LogP contribution in [-0.4, -0.2) is 54.2 Å². The zero-order valence-corrected chi connectivity index (χ0v) is 22.0. The number of hydrogen-bond acceptors (Lipinski definition) is 4. The number of ether oxygens (including phenoxy) is 1. The molecule has 0 aliphatic rings. The number of nitrogens with one attached hydrogen (secondary N) is 1. The average molecular weight is 477 g/mol. The minimum absolute atomic E-state index is 0.0890. The first-order valence-corrected chi connectivity index (χ1v) is 12.6. The number of carbonyl (C=O) groups is 1. The largest absolute Gasteiger partial charge is 0.497 e. The van der Waals surface area contributed by atoms with Crippen molar-refractivity contribution in [2.75, 3.05) is 33.8 Å². The van der Waals surface area contributed by atoms with Crippen molar-refractivity contribution in [2.45, 2.75) is 40.5 Å². The van der Waals surface area contributed by atoms with Crippen molar-refractivity contribution in [2.24, 2.45) is 11.8 Å². The maximum Gasteiger partial charge on any atom is 0.253 e. The molecule has 6 heteroatoms. The topological polar surface area (TPSA) is 58.9 Å². The van der Waals surface area contributed by atoms with Crippen molar-refractivity contribution in [1.82, 2.24) is 19.8 Å². The van der Waals surface area contributed by atoms with Gasteiger partial charge in [-0.2, -0.15) is 5.10 Å². The zero-order chi connectivity index (χ0) is 25.4. The van der Waals surface area contributed by atoms with Crippen molar-refractivity contribution in [3.05, 3.63) is 59.8 Å². The van der Waals surface area contributed by atoms with Gasteiger partial charge in [-0.05, 0) is 68.1 Å². The summed E-state index contributed by atoms with van der Waals surface area (Å²) >= 11 is 0. The van der Waals surface area contributed by atoms with Crippen LogP contribution < -0.4 is 10.1 Å². The maximum absolute atomic E-state index is 13.6. The fourth-order valence-electron chi connectivity index (χ4n) is 3.94. The number of rotatable bonds is 12. The lowest BCUT2D eigenvalue weighted by Crippen LogP contribution is -2.34. The fourth-order valence-corrected chi connectivity index (χ4v) is 3.94. The Balaban J connectivity index is 2.02. The second-order valence-electron chi connectivity index (χ2n) is 9.85. The molecule has 6 nitrogen and oxygen atoms in total. The minimum Gasteiger partial charge on any atom is -0.497 e. The summed E-state index contributed by atoms with van der Waals surface area (Å²) in [4.78, 5) is 15.6. The van der Waals surface area contributed by atoms with Crippen LogP contribution in [0.15, 0.2) is 48.7 Å². The molecule has 3 rings (SSSR count). The first-order valence-electron chi connectivity index (χ1n) is 12.6. The molecule has 0 saturated heterocycles. The van der Waals surface area contributed by atoms with Crippen LogP contribution in [0.25, 0.3) is 22.9 Å². The highest BCUT2D eigenvalue weighted by Gasteiger charge is 2.19. The number of carbonyl (C=O) groups excluding carboxylic acids is 1. The Bertz CT molecular complexity index is 1120. The lowest BCUT2D eigenvalue weighted by Gasteiger charge is -2.24. The lowest BCUT2D eigenvalue weighted by molar-refractivity contribution is 0.0741. The van der Waals surface area contributed by atoms with Crippen LogP contribution in [0, 0.1) is 11.8 Å². The Kier molecular flexibility index (Phi) is 9.49. The molecule has 2 heterocycles. The molecule has 0 radical (unpaired) electrons. The van der Waals surface area contributed by atoms with Crippen LogP contribution in [0.5, 0.6) is 5.75 Å². The van der Waals surface area contributed by atoms with E-state index < -0.39 is 0 Å². The normalized spacial score (nSPS) is 11.8. The highest BCUT2D eigenvalue weighted by molar-refractivity contribution is 5.96. The Labute approximate surface area is 210 Å². The minimum atomic E-state index is 0.0890. The number of aromatic nitrogens is 2. The molecule has 188 valence electrons. The van der Waals surface area contributed by atoms with Gasteiger partial charge in [0, 0.05) is 42.5 Å². The summed E-state index contributed by atoms with van der Waals surface area (Å²) < 4.78 is 7.18. The van der Waals surface area contributed by atoms with E-state index in [4.69, 9.17) is 9.84 Å². The molecule has 0 atom stereocenters.